The van der Waals surface area contributed by atoms with Gasteiger partial charge in [-0.3, -0.25) is 4.90 Å². The van der Waals surface area contributed by atoms with Gasteiger partial charge in [0.25, 0.3) is 0 Å². The Labute approximate surface area is 119 Å². The number of carbonyl (C=O) groups is 1. The lowest BCUT2D eigenvalue weighted by atomic mass is 10.1. The molecule has 0 unspecified atom stereocenters. The van der Waals surface area contributed by atoms with Gasteiger partial charge in [-0.2, -0.15) is 0 Å². The Bertz CT molecular complexity index is 266. The largest absolute Gasteiger partial charge is 0.443 e. The molecule has 3 heteroatoms. The highest BCUT2D eigenvalue weighted by molar-refractivity contribution is 5.69. The van der Waals surface area contributed by atoms with Crippen LogP contribution in [0, 0.1) is 0 Å². The lowest BCUT2D eigenvalue weighted by Gasteiger charge is -2.25. The molecule has 0 rings (SSSR count). The summed E-state index contributed by atoms with van der Waals surface area (Å²) in [5, 5.41) is 0. The van der Waals surface area contributed by atoms with E-state index in [-0.39, 0.29) is 6.09 Å². The van der Waals surface area contributed by atoms with E-state index >= 15 is 0 Å². The molecule has 0 spiro atoms. The average molecular weight is 269 g/mol. The lowest BCUT2D eigenvalue weighted by molar-refractivity contribution is 0.0332. The number of ether oxygens (including phenoxy) is 1. The molecule has 0 saturated carbocycles. The van der Waals surface area contributed by atoms with Crippen molar-refractivity contribution in [1.29, 1.82) is 0 Å². The van der Waals surface area contributed by atoms with Crippen LogP contribution in [0.1, 0.15) is 73.1 Å². The molecule has 0 fully saturated rings. The second-order valence-electron chi connectivity index (χ2n) is 5.92. The Balaban J connectivity index is 4.02. The summed E-state index contributed by atoms with van der Waals surface area (Å²) in [6, 6.07) is 0. The number of unbranched alkanes of at least 4 members (excludes halogenated alkanes) is 5. The molecule has 0 heterocycles. The van der Waals surface area contributed by atoms with Crippen LogP contribution in [-0.2, 0) is 4.74 Å². The van der Waals surface area contributed by atoms with Gasteiger partial charge in [-0.25, -0.2) is 4.79 Å². The van der Waals surface area contributed by atoms with Crippen molar-refractivity contribution in [2.45, 2.75) is 78.7 Å². The van der Waals surface area contributed by atoms with Crippen LogP contribution in [0.2, 0.25) is 0 Å². The molecule has 0 N–H and O–H groups in total. The van der Waals surface area contributed by atoms with Gasteiger partial charge in [0.2, 0.25) is 0 Å². The van der Waals surface area contributed by atoms with Crippen LogP contribution in [0.3, 0.4) is 0 Å². The van der Waals surface area contributed by atoms with E-state index in [0.29, 0.717) is 0 Å². The number of hydrogen-bond acceptors (Lipinski definition) is 2. The van der Waals surface area contributed by atoms with E-state index in [9.17, 15) is 4.79 Å². The second kappa shape index (κ2) is 9.88. The van der Waals surface area contributed by atoms with Crippen molar-refractivity contribution in [1.82, 2.24) is 4.90 Å². The van der Waals surface area contributed by atoms with Gasteiger partial charge in [-0.1, -0.05) is 45.1 Å². The highest BCUT2D eigenvalue weighted by atomic mass is 16.6. The topological polar surface area (TPSA) is 29.5 Å². The summed E-state index contributed by atoms with van der Waals surface area (Å²) >= 11 is 0. The summed E-state index contributed by atoms with van der Waals surface area (Å²) in [7, 11) is 0. The SMILES string of the molecule is C/C=C/N(CCCCCCCC)C(=O)OC(C)(C)C. The molecular weight excluding hydrogens is 238 g/mol. The van der Waals surface area contributed by atoms with Gasteiger partial charge < -0.3 is 4.74 Å². The van der Waals surface area contributed by atoms with Crippen LogP contribution in [0.5, 0.6) is 0 Å². The number of nitrogens with zero attached hydrogens (tertiary/aromatic N) is 1. The van der Waals surface area contributed by atoms with Crippen LogP contribution < -0.4 is 0 Å². The summed E-state index contributed by atoms with van der Waals surface area (Å²) in [5.74, 6) is 0. The molecule has 3 nitrogen and oxygen atoms in total. The Hall–Kier alpha value is -0.990. The van der Waals surface area contributed by atoms with Crippen molar-refractivity contribution < 1.29 is 9.53 Å². The Morgan fingerprint density at radius 1 is 1.11 bits per heavy atom. The molecule has 19 heavy (non-hydrogen) atoms. The van der Waals surface area contributed by atoms with Crippen LogP contribution in [0.4, 0.5) is 4.79 Å². The van der Waals surface area contributed by atoms with Crippen molar-refractivity contribution in [3.63, 3.8) is 0 Å². The van der Waals surface area contributed by atoms with Crippen molar-refractivity contribution in [3.05, 3.63) is 12.3 Å². The Kier molecular flexibility index (Phi) is 9.36. The summed E-state index contributed by atoms with van der Waals surface area (Å²) in [6.07, 6.45) is 10.8. The summed E-state index contributed by atoms with van der Waals surface area (Å²) < 4.78 is 5.38. The van der Waals surface area contributed by atoms with Crippen molar-refractivity contribution in [3.8, 4) is 0 Å². The van der Waals surface area contributed by atoms with E-state index in [0.717, 1.165) is 13.0 Å². The zero-order valence-electron chi connectivity index (χ0n) is 13.4. The molecular formula is C16H31NO2. The lowest BCUT2D eigenvalue weighted by Crippen LogP contribution is -2.34. The molecule has 0 aromatic carbocycles. The molecule has 0 bridgehead atoms. The highest BCUT2D eigenvalue weighted by Crippen LogP contribution is 2.12. The van der Waals surface area contributed by atoms with Gasteiger partial charge in [0.1, 0.15) is 5.60 Å². The van der Waals surface area contributed by atoms with Crippen molar-refractivity contribution in [2.75, 3.05) is 6.54 Å². The van der Waals surface area contributed by atoms with Gasteiger partial charge >= 0.3 is 6.09 Å². The molecule has 0 aliphatic carbocycles. The number of hydrogen-bond donors (Lipinski definition) is 0. The number of carbonyl (C=O) groups excluding carboxylic acids is 1. The smallest absolute Gasteiger partial charge is 0.414 e. The maximum absolute atomic E-state index is 12.0. The summed E-state index contributed by atoms with van der Waals surface area (Å²) in [6.45, 7) is 10.6. The zero-order valence-corrected chi connectivity index (χ0v) is 13.4. The standard InChI is InChI=1S/C16H31NO2/c1-6-8-9-10-11-12-14-17(13-7-2)15(18)19-16(3,4)5/h7,13H,6,8-12,14H2,1-5H3/b13-7+. The highest BCUT2D eigenvalue weighted by Gasteiger charge is 2.20. The van der Waals surface area contributed by atoms with E-state index in [1.807, 2.05) is 33.8 Å². The third-order valence-electron chi connectivity index (χ3n) is 2.71. The number of rotatable bonds is 8. The molecule has 1 amide bonds. The van der Waals surface area contributed by atoms with E-state index in [1.165, 1.54) is 32.1 Å². The zero-order chi connectivity index (χ0) is 14.7. The van der Waals surface area contributed by atoms with Gasteiger partial charge in [-0.15, -0.1) is 0 Å². The number of amides is 1. The maximum Gasteiger partial charge on any atom is 0.414 e. The Morgan fingerprint density at radius 2 is 1.68 bits per heavy atom. The monoisotopic (exact) mass is 269 g/mol. The Morgan fingerprint density at radius 3 is 2.21 bits per heavy atom. The van der Waals surface area contributed by atoms with Crippen LogP contribution in [-0.4, -0.2) is 23.1 Å². The fourth-order valence-electron chi connectivity index (χ4n) is 1.79. The fraction of sp³-hybridized carbons (Fsp3) is 0.812. The quantitative estimate of drug-likeness (QED) is 0.572. The minimum atomic E-state index is -0.432. The van der Waals surface area contributed by atoms with Gasteiger partial charge in [0.05, 0.1) is 0 Å². The molecule has 0 aliphatic rings. The first-order chi connectivity index (χ1) is 8.90. The molecule has 0 aromatic heterocycles. The first-order valence-corrected chi connectivity index (χ1v) is 7.53. The van der Waals surface area contributed by atoms with Gasteiger partial charge in [-0.05, 0) is 34.1 Å². The van der Waals surface area contributed by atoms with Gasteiger partial charge in [0.15, 0.2) is 0 Å². The second-order valence-corrected chi connectivity index (χ2v) is 5.92. The third-order valence-corrected chi connectivity index (χ3v) is 2.71. The van der Waals surface area contributed by atoms with E-state index in [4.69, 9.17) is 4.74 Å². The minimum absolute atomic E-state index is 0.251. The van der Waals surface area contributed by atoms with E-state index < -0.39 is 5.60 Å². The normalized spacial score (nSPS) is 11.8. The fourth-order valence-corrected chi connectivity index (χ4v) is 1.79. The van der Waals surface area contributed by atoms with Gasteiger partial charge in [0, 0.05) is 12.7 Å². The molecule has 0 radical (unpaired) electrons. The minimum Gasteiger partial charge on any atom is -0.443 e. The molecule has 0 aromatic rings. The average Bonchev–Trinajstić information content (AvgIpc) is 2.30. The molecule has 0 atom stereocenters. The third kappa shape index (κ3) is 10.6. The number of allylic oxidation sites excluding steroid dienone is 1. The van der Waals surface area contributed by atoms with Crippen LogP contribution in [0.15, 0.2) is 12.3 Å². The van der Waals surface area contributed by atoms with Crippen LogP contribution >= 0.6 is 0 Å². The first-order valence-electron chi connectivity index (χ1n) is 7.53. The predicted octanol–water partition coefficient (Wildman–Crippen LogP) is 5.12. The molecule has 112 valence electrons. The van der Waals surface area contributed by atoms with E-state index in [1.54, 1.807) is 11.1 Å². The summed E-state index contributed by atoms with van der Waals surface area (Å²) in [5.41, 5.74) is -0.432. The van der Waals surface area contributed by atoms with Crippen LogP contribution in [0.25, 0.3) is 0 Å². The van der Waals surface area contributed by atoms with Crippen molar-refractivity contribution >= 4 is 6.09 Å². The van der Waals surface area contributed by atoms with Crippen molar-refractivity contribution in [2.24, 2.45) is 0 Å². The van der Waals surface area contributed by atoms with E-state index in [2.05, 4.69) is 6.92 Å². The maximum atomic E-state index is 12.0. The predicted molar refractivity (Wildman–Crippen MR) is 81.1 cm³/mol. The summed E-state index contributed by atoms with van der Waals surface area (Å²) in [4.78, 5) is 13.6. The molecule has 0 aliphatic heterocycles. The first kappa shape index (κ1) is 18.0. The molecule has 0 saturated heterocycles.